The minimum absolute atomic E-state index is 0.193. The first-order valence-electron chi connectivity index (χ1n) is 6.59. The van der Waals surface area contributed by atoms with E-state index in [4.69, 9.17) is 9.15 Å². The van der Waals surface area contributed by atoms with Gasteiger partial charge in [0.15, 0.2) is 0 Å². The van der Waals surface area contributed by atoms with Gasteiger partial charge in [-0.1, -0.05) is 11.8 Å². The highest BCUT2D eigenvalue weighted by atomic mass is 32.2. The van der Waals surface area contributed by atoms with Crippen molar-refractivity contribution < 1.29 is 13.9 Å². The topological polar surface area (TPSA) is 64.4 Å². The lowest BCUT2D eigenvalue weighted by Crippen LogP contribution is -2.41. The molecule has 106 valence electrons. The molecule has 0 aromatic carbocycles. The van der Waals surface area contributed by atoms with Crippen LogP contribution >= 0.6 is 11.8 Å². The van der Waals surface area contributed by atoms with Crippen LogP contribution in [0.25, 0.3) is 0 Å². The number of aryl methyl sites for hydroxylation is 2. The number of aromatic nitrogens is 1. The fourth-order valence-corrected chi connectivity index (χ4v) is 2.55. The van der Waals surface area contributed by atoms with Crippen molar-refractivity contribution in [3.8, 4) is 0 Å². The van der Waals surface area contributed by atoms with E-state index in [0.29, 0.717) is 23.6 Å². The van der Waals surface area contributed by atoms with E-state index in [1.165, 1.54) is 11.8 Å². The Kier molecular flexibility index (Phi) is 4.87. The normalized spacial score (nSPS) is 16.4. The van der Waals surface area contributed by atoms with Crippen molar-refractivity contribution in [2.45, 2.75) is 50.9 Å². The number of thioether (sulfide) groups is 1. The van der Waals surface area contributed by atoms with Gasteiger partial charge in [0.1, 0.15) is 11.8 Å². The number of nitrogens with zero attached hydrogens (tertiary/aromatic N) is 1. The third-order valence-corrected chi connectivity index (χ3v) is 3.89. The van der Waals surface area contributed by atoms with E-state index in [2.05, 4.69) is 10.3 Å². The van der Waals surface area contributed by atoms with E-state index in [9.17, 15) is 4.79 Å². The molecule has 2 rings (SSSR count). The molecule has 0 amide bonds. The van der Waals surface area contributed by atoms with Gasteiger partial charge >= 0.3 is 5.97 Å². The highest BCUT2D eigenvalue weighted by molar-refractivity contribution is 7.99. The predicted octanol–water partition coefficient (Wildman–Crippen LogP) is 2.07. The molecular formula is C13H20N2O3S. The van der Waals surface area contributed by atoms with Crippen LogP contribution in [0.3, 0.4) is 0 Å². The molecule has 19 heavy (non-hydrogen) atoms. The van der Waals surface area contributed by atoms with Crippen molar-refractivity contribution in [2.24, 2.45) is 0 Å². The molecule has 1 heterocycles. The van der Waals surface area contributed by atoms with Gasteiger partial charge < -0.3 is 14.5 Å². The molecule has 0 radical (unpaired) electrons. The van der Waals surface area contributed by atoms with Crippen molar-refractivity contribution in [1.82, 2.24) is 10.3 Å². The summed E-state index contributed by atoms with van der Waals surface area (Å²) in [5, 5.41) is 3.92. The number of carbonyl (C=O) groups excluding carboxylic acids is 1. The molecule has 6 heteroatoms. The Balaban J connectivity index is 1.89. The monoisotopic (exact) mass is 284 g/mol. The van der Waals surface area contributed by atoms with Gasteiger partial charge in [0.25, 0.3) is 5.22 Å². The standard InChI is InChI=1S/C13H20N2O3S/c1-4-17-12(16)11(15-10-5-6-10)7-19-13-14-8(2)9(3)18-13/h10-11,15H,4-7H2,1-3H3. The maximum absolute atomic E-state index is 11.9. The first-order chi connectivity index (χ1) is 9.10. The van der Waals surface area contributed by atoms with Crippen LogP contribution in [0, 0.1) is 13.8 Å². The summed E-state index contributed by atoms with van der Waals surface area (Å²) in [6.07, 6.45) is 2.27. The zero-order chi connectivity index (χ0) is 13.8. The third kappa shape index (κ3) is 4.24. The third-order valence-electron chi connectivity index (χ3n) is 2.97. The van der Waals surface area contributed by atoms with Crippen LogP contribution in [0.2, 0.25) is 0 Å². The summed E-state index contributed by atoms with van der Waals surface area (Å²) in [6.45, 7) is 6.02. The number of carbonyl (C=O) groups is 1. The summed E-state index contributed by atoms with van der Waals surface area (Å²) in [6, 6.07) is 0.174. The van der Waals surface area contributed by atoms with Crippen LogP contribution < -0.4 is 5.32 Å². The fraction of sp³-hybridized carbons (Fsp3) is 0.692. The van der Waals surface area contributed by atoms with E-state index in [-0.39, 0.29) is 12.0 Å². The van der Waals surface area contributed by atoms with Gasteiger partial charge in [-0.2, -0.15) is 0 Å². The Morgan fingerprint density at radius 3 is 2.84 bits per heavy atom. The number of hydrogen-bond donors (Lipinski definition) is 1. The Labute approximate surface area is 117 Å². The molecule has 1 saturated carbocycles. The van der Waals surface area contributed by atoms with E-state index in [1.54, 1.807) is 0 Å². The molecule has 1 aliphatic rings. The summed E-state index contributed by atoms with van der Waals surface area (Å²) in [5.74, 6) is 1.21. The van der Waals surface area contributed by atoms with Crippen molar-refractivity contribution in [3.05, 3.63) is 11.5 Å². The Bertz CT molecular complexity index is 424. The Hall–Kier alpha value is -1.01. The molecule has 0 aliphatic heterocycles. The van der Waals surface area contributed by atoms with Crippen molar-refractivity contribution in [2.75, 3.05) is 12.4 Å². The minimum Gasteiger partial charge on any atom is -0.465 e. The van der Waals surface area contributed by atoms with Gasteiger partial charge in [0.05, 0.1) is 12.3 Å². The summed E-state index contributed by atoms with van der Waals surface area (Å²) in [7, 11) is 0. The van der Waals surface area contributed by atoms with Gasteiger partial charge in [-0.15, -0.1) is 0 Å². The molecular weight excluding hydrogens is 264 g/mol. The Morgan fingerprint density at radius 1 is 1.58 bits per heavy atom. The largest absolute Gasteiger partial charge is 0.465 e. The lowest BCUT2D eigenvalue weighted by Gasteiger charge is -2.15. The first kappa shape index (κ1) is 14.4. The molecule has 1 unspecified atom stereocenters. The van der Waals surface area contributed by atoms with Crippen LogP contribution in [0.1, 0.15) is 31.2 Å². The molecule has 0 bridgehead atoms. The second kappa shape index (κ2) is 6.43. The van der Waals surface area contributed by atoms with Crippen molar-refractivity contribution in [3.63, 3.8) is 0 Å². The van der Waals surface area contributed by atoms with E-state index in [0.717, 1.165) is 24.3 Å². The summed E-state index contributed by atoms with van der Waals surface area (Å²) in [5.41, 5.74) is 0.894. The summed E-state index contributed by atoms with van der Waals surface area (Å²) in [4.78, 5) is 16.1. The number of ether oxygens (including phenoxy) is 1. The molecule has 5 nitrogen and oxygen atoms in total. The SMILES string of the molecule is CCOC(=O)C(CSc1nc(C)c(C)o1)NC1CC1. The smallest absolute Gasteiger partial charge is 0.324 e. The molecule has 1 N–H and O–H groups in total. The van der Waals surface area contributed by atoms with Gasteiger partial charge in [0.2, 0.25) is 0 Å². The molecule has 1 aromatic heterocycles. The van der Waals surface area contributed by atoms with Crippen LogP contribution in [0.4, 0.5) is 0 Å². The van der Waals surface area contributed by atoms with Crippen LogP contribution in [0.5, 0.6) is 0 Å². The zero-order valence-electron chi connectivity index (χ0n) is 11.6. The van der Waals surface area contributed by atoms with E-state index < -0.39 is 0 Å². The number of oxazole rings is 1. The molecule has 1 aliphatic carbocycles. The molecule has 0 saturated heterocycles. The molecule has 0 spiro atoms. The predicted molar refractivity (Wildman–Crippen MR) is 73.3 cm³/mol. The number of rotatable bonds is 7. The quantitative estimate of drug-likeness (QED) is 0.611. The maximum Gasteiger partial charge on any atom is 0.324 e. The highest BCUT2D eigenvalue weighted by Crippen LogP contribution is 2.24. The van der Waals surface area contributed by atoms with Crippen LogP contribution in [-0.4, -0.2) is 35.4 Å². The Morgan fingerprint density at radius 2 is 2.32 bits per heavy atom. The number of esters is 1. The van der Waals surface area contributed by atoms with Gasteiger partial charge in [-0.3, -0.25) is 4.79 Å². The average molecular weight is 284 g/mol. The average Bonchev–Trinajstić information content (AvgIpc) is 3.12. The van der Waals surface area contributed by atoms with Crippen molar-refractivity contribution in [1.29, 1.82) is 0 Å². The summed E-state index contributed by atoms with van der Waals surface area (Å²) >= 11 is 1.45. The molecule has 1 aromatic rings. The lowest BCUT2D eigenvalue weighted by molar-refractivity contribution is -0.145. The lowest BCUT2D eigenvalue weighted by atomic mass is 10.3. The molecule has 1 fully saturated rings. The van der Waals surface area contributed by atoms with E-state index in [1.807, 2.05) is 20.8 Å². The van der Waals surface area contributed by atoms with Gasteiger partial charge in [0, 0.05) is 11.8 Å². The number of hydrogen-bond acceptors (Lipinski definition) is 6. The van der Waals surface area contributed by atoms with Crippen molar-refractivity contribution >= 4 is 17.7 Å². The highest BCUT2D eigenvalue weighted by Gasteiger charge is 2.29. The minimum atomic E-state index is -0.287. The summed E-state index contributed by atoms with van der Waals surface area (Å²) < 4.78 is 10.6. The van der Waals surface area contributed by atoms with Crippen LogP contribution in [-0.2, 0) is 9.53 Å². The first-order valence-corrected chi connectivity index (χ1v) is 7.58. The molecule has 1 atom stereocenters. The zero-order valence-corrected chi connectivity index (χ0v) is 12.4. The number of nitrogens with one attached hydrogen (secondary N) is 1. The van der Waals surface area contributed by atoms with Gasteiger partial charge in [-0.25, -0.2) is 4.98 Å². The van der Waals surface area contributed by atoms with Crippen LogP contribution in [0.15, 0.2) is 9.64 Å². The van der Waals surface area contributed by atoms with E-state index >= 15 is 0 Å². The second-order valence-electron chi connectivity index (χ2n) is 4.68. The van der Waals surface area contributed by atoms with Gasteiger partial charge in [-0.05, 0) is 33.6 Å². The maximum atomic E-state index is 11.9. The second-order valence-corrected chi connectivity index (χ2v) is 5.65. The fourth-order valence-electron chi connectivity index (χ4n) is 1.62.